The number of esters is 1. The fourth-order valence-corrected chi connectivity index (χ4v) is 12.9. The van der Waals surface area contributed by atoms with Gasteiger partial charge in [-0.1, -0.05) is 411 Å². The van der Waals surface area contributed by atoms with Gasteiger partial charge >= 0.3 is 5.97 Å². The van der Waals surface area contributed by atoms with Gasteiger partial charge in [-0.15, -0.1) is 0 Å². The molecule has 1 amide bonds. The van der Waals surface area contributed by atoms with Crippen LogP contribution >= 0.6 is 0 Å². The third-order valence-electron chi connectivity index (χ3n) is 19.0. The highest BCUT2D eigenvalue weighted by Crippen LogP contribution is 2.20. The third kappa shape index (κ3) is 73.3. The van der Waals surface area contributed by atoms with Crippen molar-refractivity contribution in [1.29, 1.82) is 0 Å². The van der Waals surface area contributed by atoms with E-state index in [1.807, 2.05) is 6.08 Å². The van der Waals surface area contributed by atoms with Gasteiger partial charge in [0.25, 0.3) is 0 Å². The first-order valence-electron chi connectivity index (χ1n) is 40.1. The molecule has 2 atom stereocenters. The van der Waals surface area contributed by atoms with Crippen LogP contribution in [0.15, 0.2) is 24.3 Å². The van der Waals surface area contributed by atoms with E-state index in [4.69, 9.17) is 4.74 Å². The van der Waals surface area contributed by atoms with E-state index >= 15 is 0 Å². The van der Waals surface area contributed by atoms with Gasteiger partial charge in [0, 0.05) is 12.8 Å². The van der Waals surface area contributed by atoms with Gasteiger partial charge in [-0.05, 0) is 57.8 Å². The van der Waals surface area contributed by atoms with Gasteiger partial charge < -0.3 is 20.3 Å². The molecule has 0 heterocycles. The minimum absolute atomic E-state index is 0.0135. The number of hydrogen-bond donors (Lipinski definition) is 3. The molecule has 0 spiro atoms. The van der Waals surface area contributed by atoms with Gasteiger partial charge in [-0.25, -0.2) is 0 Å². The Morgan fingerprint density at radius 1 is 0.310 bits per heavy atom. The van der Waals surface area contributed by atoms with Crippen LogP contribution in [0.1, 0.15) is 457 Å². The maximum atomic E-state index is 12.6. The van der Waals surface area contributed by atoms with Crippen LogP contribution in [0.25, 0.3) is 0 Å². The molecule has 6 nitrogen and oxygen atoms in total. The van der Waals surface area contributed by atoms with Gasteiger partial charge in [0.2, 0.25) is 5.91 Å². The summed E-state index contributed by atoms with van der Waals surface area (Å²) in [6.07, 6.45) is 98.8. The molecule has 0 fully saturated rings. The highest BCUT2D eigenvalue weighted by atomic mass is 16.5. The van der Waals surface area contributed by atoms with E-state index in [0.29, 0.717) is 19.4 Å². The predicted molar refractivity (Wildman–Crippen MR) is 384 cm³/mol. The summed E-state index contributed by atoms with van der Waals surface area (Å²) in [5, 5.41) is 23.3. The van der Waals surface area contributed by atoms with E-state index < -0.39 is 12.1 Å². The highest BCUT2D eigenvalue weighted by molar-refractivity contribution is 5.76. The van der Waals surface area contributed by atoms with E-state index in [-0.39, 0.29) is 18.5 Å². The zero-order valence-electron chi connectivity index (χ0n) is 59.3. The number of nitrogens with one attached hydrogen (secondary N) is 1. The SMILES string of the molecule is CCCCCCCC/C=C\CCCCCCCC(=O)OCCCCCCCCCCCCCCCCCCCCCCCCCCCCCCCCCC(=O)NC(CO)C(O)/C=C/CCCCCCCCCCCCCCCCCCCCCCCC. The van der Waals surface area contributed by atoms with Gasteiger partial charge in [0.15, 0.2) is 0 Å². The van der Waals surface area contributed by atoms with Crippen molar-refractivity contribution >= 4 is 11.9 Å². The molecular weight excluding hydrogens is 1070 g/mol. The fraction of sp³-hybridized carbons (Fsp3) is 0.926. The Kier molecular flexibility index (Phi) is 75.3. The molecule has 2 unspecified atom stereocenters. The number of ether oxygens (including phenoxy) is 1. The number of unbranched alkanes of at least 4 members (excludes halogenated alkanes) is 63. The van der Waals surface area contributed by atoms with E-state index in [0.717, 1.165) is 44.9 Å². The van der Waals surface area contributed by atoms with Crippen molar-refractivity contribution in [3.8, 4) is 0 Å². The summed E-state index contributed by atoms with van der Waals surface area (Å²) in [5.74, 6) is -0.0449. The third-order valence-corrected chi connectivity index (χ3v) is 19.0. The van der Waals surface area contributed by atoms with Crippen LogP contribution < -0.4 is 5.32 Å². The van der Waals surface area contributed by atoms with Crippen molar-refractivity contribution in [1.82, 2.24) is 5.32 Å². The van der Waals surface area contributed by atoms with Gasteiger partial charge in [-0.2, -0.15) is 0 Å². The van der Waals surface area contributed by atoms with Gasteiger partial charge in [0.1, 0.15) is 0 Å². The zero-order chi connectivity index (χ0) is 62.8. The Balaban J connectivity index is 3.35. The van der Waals surface area contributed by atoms with Gasteiger partial charge in [0.05, 0.1) is 25.4 Å². The number of aliphatic hydroxyl groups excluding tert-OH is 2. The number of rotatable bonds is 76. The summed E-state index contributed by atoms with van der Waals surface area (Å²) in [7, 11) is 0. The Morgan fingerprint density at radius 2 is 0.540 bits per heavy atom. The molecule has 0 saturated carbocycles. The van der Waals surface area contributed by atoms with Crippen molar-refractivity contribution in [3.05, 3.63) is 24.3 Å². The molecule has 87 heavy (non-hydrogen) atoms. The fourth-order valence-electron chi connectivity index (χ4n) is 12.9. The molecule has 0 aliphatic carbocycles. The summed E-state index contributed by atoms with van der Waals surface area (Å²) < 4.78 is 5.50. The van der Waals surface area contributed by atoms with Crippen LogP contribution in [-0.4, -0.2) is 47.4 Å². The average Bonchev–Trinajstić information content (AvgIpc) is 3.53. The number of carbonyl (C=O) groups is 2. The van der Waals surface area contributed by atoms with E-state index in [9.17, 15) is 19.8 Å². The lowest BCUT2D eigenvalue weighted by molar-refractivity contribution is -0.143. The standard InChI is InChI=1S/C81H157NO5/c1-3-5-7-9-11-13-15-17-19-20-21-22-23-33-36-39-42-46-49-53-57-61-65-69-73-79(84)78(77-83)82-80(85)74-70-66-62-58-54-50-47-43-40-37-34-31-29-27-25-24-26-28-30-32-35-38-41-44-48-52-56-60-64-68-72-76-87-81(86)75-71-67-63-59-55-51-45-18-16-14-12-10-8-6-4-2/h18,45,69,73,78-79,83-84H,3-17,19-44,46-68,70-72,74-77H2,1-2H3,(H,82,85)/b45-18-,73-69+. The molecule has 0 aliphatic rings. The summed E-state index contributed by atoms with van der Waals surface area (Å²) in [5.41, 5.74) is 0. The quantitative estimate of drug-likeness (QED) is 0.0320. The smallest absolute Gasteiger partial charge is 0.305 e. The maximum absolute atomic E-state index is 12.6. The number of carbonyl (C=O) groups excluding carboxylic acids is 2. The van der Waals surface area contributed by atoms with Crippen LogP contribution in [0, 0.1) is 0 Å². The Morgan fingerprint density at radius 3 is 0.816 bits per heavy atom. The first-order chi connectivity index (χ1) is 43.0. The van der Waals surface area contributed by atoms with E-state index in [1.54, 1.807) is 6.08 Å². The van der Waals surface area contributed by atoms with Crippen molar-refractivity contribution in [3.63, 3.8) is 0 Å². The minimum atomic E-state index is -0.843. The van der Waals surface area contributed by atoms with Gasteiger partial charge in [-0.3, -0.25) is 9.59 Å². The predicted octanol–water partition coefficient (Wildman–Crippen LogP) is 26.4. The molecule has 516 valence electrons. The number of allylic oxidation sites excluding steroid dienone is 3. The lowest BCUT2D eigenvalue weighted by Gasteiger charge is -2.20. The first kappa shape index (κ1) is 85.3. The minimum Gasteiger partial charge on any atom is -0.466 e. The molecule has 0 aliphatic heterocycles. The Labute approximate surface area is 545 Å². The molecule has 6 heteroatoms. The summed E-state index contributed by atoms with van der Waals surface area (Å²) in [6, 6.07) is -0.626. The molecule has 0 saturated heterocycles. The van der Waals surface area contributed by atoms with Crippen LogP contribution in [0.4, 0.5) is 0 Å². The molecule has 0 bridgehead atoms. The van der Waals surface area contributed by atoms with Crippen molar-refractivity contribution in [2.45, 2.75) is 469 Å². The number of aliphatic hydroxyl groups is 2. The maximum Gasteiger partial charge on any atom is 0.305 e. The van der Waals surface area contributed by atoms with Crippen molar-refractivity contribution < 1.29 is 24.5 Å². The highest BCUT2D eigenvalue weighted by Gasteiger charge is 2.18. The van der Waals surface area contributed by atoms with Crippen LogP contribution in [0.5, 0.6) is 0 Å². The largest absolute Gasteiger partial charge is 0.466 e. The molecule has 0 aromatic carbocycles. The number of amides is 1. The second-order valence-corrected chi connectivity index (χ2v) is 27.8. The molecule has 0 rings (SSSR count). The summed E-state index contributed by atoms with van der Waals surface area (Å²) >= 11 is 0. The molecule has 0 aromatic heterocycles. The van der Waals surface area contributed by atoms with Crippen LogP contribution in [0.2, 0.25) is 0 Å². The monoisotopic (exact) mass is 1220 g/mol. The lowest BCUT2D eigenvalue weighted by Crippen LogP contribution is -2.45. The number of hydrogen-bond acceptors (Lipinski definition) is 5. The molecular formula is C81H157NO5. The summed E-state index contributed by atoms with van der Waals surface area (Å²) in [4.78, 5) is 24.6. The topological polar surface area (TPSA) is 95.9 Å². The first-order valence-corrected chi connectivity index (χ1v) is 40.1. The Hall–Kier alpha value is -1.66. The normalized spacial score (nSPS) is 12.6. The Bertz CT molecular complexity index is 1360. The van der Waals surface area contributed by atoms with Crippen molar-refractivity contribution in [2.24, 2.45) is 0 Å². The van der Waals surface area contributed by atoms with Crippen LogP contribution in [0.3, 0.4) is 0 Å². The molecule has 0 radical (unpaired) electrons. The molecule has 0 aromatic rings. The second kappa shape index (κ2) is 76.8. The van der Waals surface area contributed by atoms with Crippen molar-refractivity contribution in [2.75, 3.05) is 13.2 Å². The van der Waals surface area contributed by atoms with Crippen LogP contribution in [-0.2, 0) is 14.3 Å². The summed E-state index contributed by atoms with van der Waals surface area (Å²) in [6.45, 7) is 4.95. The average molecular weight is 1230 g/mol. The lowest BCUT2D eigenvalue weighted by atomic mass is 10.0. The second-order valence-electron chi connectivity index (χ2n) is 27.8. The van der Waals surface area contributed by atoms with E-state index in [2.05, 4.69) is 31.3 Å². The van der Waals surface area contributed by atoms with E-state index in [1.165, 1.54) is 385 Å². The molecule has 3 N–H and O–H groups in total. The zero-order valence-corrected chi connectivity index (χ0v) is 59.3.